The average Bonchev–Trinajstić information content (AvgIpc) is 2.16. The molecule has 2 nitrogen and oxygen atoms in total. The van der Waals surface area contributed by atoms with Crippen LogP contribution in [0.2, 0.25) is 0 Å². The minimum absolute atomic E-state index is 0.109. The van der Waals surface area contributed by atoms with Crippen LogP contribution in [0, 0.1) is 17.0 Å². The third-order valence-electron chi connectivity index (χ3n) is 2.43. The molecule has 0 saturated carbocycles. The lowest BCUT2D eigenvalue weighted by Crippen LogP contribution is -2.33. The van der Waals surface area contributed by atoms with E-state index < -0.39 is 17.0 Å². The first-order valence-electron chi connectivity index (χ1n) is 4.75. The summed E-state index contributed by atoms with van der Waals surface area (Å²) in [5.74, 6) is -1.22. The van der Waals surface area contributed by atoms with Crippen LogP contribution in [0.1, 0.15) is 12.5 Å². The van der Waals surface area contributed by atoms with Gasteiger partial charge in [-0.05, 0) is 24.1 Å². The van der Waals surface area contributed by atoms with Crippen LogP contribution < -0.4 is 5.73 Å². The van der Waals surface area contributed by atoms with Crippen LogP contribution >= 0.6 is 0 Å². The Morgan fingerprint density at radius 2 is 1.80 bits per heavy atom. The van der Waals surface area contributed by atoms with E-state index in [4.69, 9.17) is 10.8 Å². The molecule has 0 fully saturated rings. The first kappa shape index (κ1) is 12.1. The van der Waals surface area contributed by atoms with Gasteiger partial charge in [-0.1, -0.05) is 6.92 Å². The van der Waals surface area contributed by atoms with E-state index in [0.717, 1.165) is 6.07 Å². The number of halogens is 2. The minimum atomic E-state index is -0.609. The first-order valence-corrected chi connectivity index (χ1v) is 4.75. The molecule has 0 radical (unpaired) electrons. The van der Waals surface area contributed by atoms with Crippen molar-refractivity contribution in [2.45, 2.75) is 13.3 Å². The maximum atomic E-state index is 12.9. The molecule has 0 aromatic heterocycles. The molecule has 0 heterocycles. The second kappa shape index (κ2) is 4.68. The zero-order valence-electron chi connectivity index (χ0n) is 8.63. The van der Waals surface area contributed by atoms with Crippen molar-refractivity contribution in [2.75, 3.05) is 13.2 Å². The number of nitrogens with two attached hydrogens (primary N) is 1. The summed E-state index contributed by atoms with van der Waals surface area (Å²) in [5.41, 5.74) is 5.48. The zero-order chi connectivity index (χ0) is 11.5. The first-order chi connectivity index (χ1) is 6.99. The molecule has 0 aliphatic carbocycles. The van der Waals surface area contributed by atoms with Gasteiger partial charge in [-0.15, -0.1) is 0 Å². The van der Waals surface area contributed by atoms with Gasteiger partial charge >= 0.3 is 0 Å². The molecule has 0 aliphatic heterocycles. The Bertz CT molecular complexity index is 317. The standard InChI is InChI=1S/C11H15F2NO/c1-11(6-14,7-15)5-8-2-9(12)4-10(13)3-8/h2-4,15H,5-7,14H2,1H3. The molecule has 15 heavy (non-hydrogen) atoms. The lowest BCUT2D eigenvalue weighted by molar-refractivity contribution is 0.149. The van der Waals surface area contributed by atoms with E-state index in [9.17, 15) is 8.78 Å². The van der Waals surface area contributed by atoms with E-state index in [-0.39, 0.29) is 13.2 Å². The summed E-state index contributed by atoms with van der Waals surface area (Å²) in [6, 6.07) is 3.33. The van der Waals surface area contributed by atoms with E-state index in [0.29, 0.717) is 12.0 Å². The molecule has 84 valence electrons. The number of rotatable bonds is 4. The third kappa shape index (κ3) is 3.25. The molecule has 0 amide bonds. The number of aliphatic hydroxyl groups is 1. The van der Waals surface area contributed by atoms with Crippen LogP contribution in [0.25, 0.3) is 0 Å². The van der Waals surface area contributed by atoms with Gasteiger partial charge < -0.3 is 10.8 Å². The van der Waals surface area contributed by atoms with Gasteiger partial charge in [-0.25, -0.2) is 8.78 Å². The lowest BCUT2D eigenvalue weighted by atomic mass is 9.84. The average molecular weight is 215 g/mol. The Labute approximate surface area is 87.7 Å². The molecule has 1 unspecified atom stereocenters. The molecule has 0 saturated heterocycles. The molecule has 0 spiro atoms. The summed E-state index contributed by atoms with van der Waals surface area (Å²) >= 11 is 0. The Morgan fingerprint density at radius 1 is 1.27 bits per heavy atom. The van der Waals surface area contributed by atoms with Crippen molar-refractivity contribution in [1.29, 1.82) is 0 Å². The van der Waals surface area contributed by atoms with Crippen LogP contribution in [0.15, 0.2) is 18.2 Å². The highest BCUT2D eigenvalue weighted by Gasteiger charge is 2.22. The second-order valence-corrected chi connectivity index (χ2v) is 4.13. The fourth-order valence-corrected chi connectivity index (χ4v) is 1.40. The van der Waals surface area contributed by atoms with Crippen molar-refractivity contribution in [3.63, 3.8) is 0 Å². The quantitative estimate of drug-likeness (QED) is 0.798. The summed E-state index contributed by atoms with van der Waals surface area (Å²) in [4.78, 5) is 0. The monoisotopic (exact) mass is 215 g/mol. The van der Waals surface area contributed by atoms with Crippen molar-refractivity contribution in [2.24, 2.45) is 11.1 Å². The molecule has 4 heteroatoms. The largest absolute Gasteiger partial charge is 0.396 e. The van der Waals surface area contributed by atoms with E-state index >= 15 is 0 Å². The maximum absolute atomic E-state index is 12.9. The molecular formula is C11H15F2NO. The normalized spacial score (nSPS) is 15.0. The summed E-state index contributed by atoms with van der Waals surface area (Å²) < 4.78 is 25.8. The lowest BCUT2D eigenvalue weighted by Gasteiger charge is -2.25. The van der Waals surface area contributed by atoms with Gasteiger partial charge in [-0.2, -0.15) is 0 Å². The fourth-order valence-electron chi connectivity index (χ4n) is 1.40. The Kier molecular flexibility index (Phi) is 3.77. The van der Waals surface area contributed by atoms with E-state index in [2.05, 4.69) is 0 Å². The van der Waals surface area contributed by atoms with Crippen molar-refractivity contribution in [3.8, 4) is 0 Å². The topological polar surface area (TPSA) is 46.2 Å². The smallest absolute Gasteiger partial charge is 0.126 e. The maximum Gasteiger partial charge on any atom is 0.126 e. The van der Waals surface area contributed by atoms with Crippen LogP contribution in [0.3, 0.4) is 0 Å². The van der Waals surface area contributed by atoms with Gasteiger partial charge in [0.05, 0.1) is 0 Å². The highest BCUT2D eigenvalue weighted by atomic mass is 19.1. The van der Waals surface area contributed by atoms with Gasteiger partial charge in [0.15, 0.2) is 0 Å². The SMILES string of the molecule is CC(CN)(CO)Cc1cc(F)cc(F)c1. The van der Waals surface area contributed by atoms with Crippen molar-refractivity contribution in [1.82, 2.24) is 0 Å². The van der Waals surface area contributed by atoms with Crippen LogP contribution in [0.5, 0.6) is 0 Å². The molecule has 1 aromatic carbocycles. The summed E-state index contributed by atoms with van der Waals surface area (Å²) in [7, 11) is 0. The van der Waals surface area contributed by atoms with E-state index in [1.54, 1.807) is 6.92 Å². The number of hydrogen-bond acceptors (Lipinski definition) is 2. The predicted molar refractivity (Wildman–Crippen MR) is 54.3 cm³/mol. The number of aliphatic hydroxyl groups excluding tert-OH is 1. The molecule has 1 atom stereocenters. The third-order valence-corrected chi connectivity index (χ3v) is 2.43. The molecule has 1 rings (SSSR count). The highest BCUT2D eigenvalue weighted by molar-refractivity contribution is 5.19. The molecule has 0 bridgehead atoms. The predicted octanol–water partition coefficient (Wildman–Crippen LogP) is 1.46. The van der Waals surface area contributed by atoms with E-state index in [1.807, 2.05) is 0 Å². The van der Waals surface area contributed by atoms with Crippen molar-refractivity contribution >= 4 is 0 Å². The summed E-state index contributed by atoms with van der Waals surface area (Å²) in [6.45, 7) is 1.93. The Balaban J connectivity index is 2.88. The van der Waals surface area contributed by atoms with Crippen LogP contribution in [-0.4, -0.2) is 18.3 Å². The summed E-state index contributed by atoms with van der Waals surface area (Å²) in [6.07, 6.45) is 0.356. The highest BCUT2D eigenvalue weighted by Crippen LogP contribution is 2.21. The van der Waals surface area contributed by atoms with Crippen LogP contribution in [0.4, 0.5) is 8.78 Å². The van der Waals surface area contributed by atoms with Gasteiger partial charge in [-0.3, -0.25) is 0 Å². The Morgan fingerprint density at radius 3 is 2.20 bits per heavy atom. The molecule has 1 aromatic rings. The number of hydrogen-bond donors (Lipinski definition) is 2. The van der Waals surface area contributed by atoms with Gasteiger partial charge in [0.1, 0.15) is 11.6 Å². The van der Waals surface area contributed by atoms with Crippen LogP contribution in [-0.2, 0) is 6.42 Å². The van der Waals surface area contributed by atoms with Gasteiger partial charge in [0.2, 0.25) is 0 Å². The zero-order valence-corrected chi connectivity index (χ0v) is 8.63. The Hall–Kier alpha value is -1.00. The van der Waals surface area contributed by atoms with Gasteiger partial charge in [0.25, 0.3) is 0 Å². The molecular weight excluding hydrogens is 200 g/mol. The molecule has 0 aliphatic rings. The summed E-state index contributed by atoms with van der Waals surface area (Å²) in [5, 5.41) is 9.12. The fraction of sp³-hybridized carbons (Fsp3) is 0.455. The van der Waals surface area contributed by atoms with Crippen molar-refractivity contribution in [3.05, 3.63) is 35.4 Å². The molecule has 3 N–H and O–H groups in total. The minimum Gasteiger partial charge on any atom is -0.396 e. The van der Waals surface area contributed by atoms with E-state index in [1.165, 1.54) is 12.1 Å². The number of benzene rings is 1. The van der Waals surface area contributed by atoms with Crippen molar-refractivity contribution < 1.29 is 13.9 Å². The van der Waals surface area contributed by atoms with Gasteiger partial charge in [0, 0.05) is 24.6 Å². The second-order valence-electron chi connectivity index (χ2n) is 4.13.